The fourth-order valence-electron chi connectivity index (χ4n) is 0.957. The topological polar surface area (TPSA) is 55.4 Å². The van der Waals surface area contributed by atoms with E-state index in [0.29, 0.717) is 13.0 Å². The quantitative estimate of drug-likeness (QED) is 0.576. The Bertz CT molecular complexity index is 234. The van der Waals surface area contributed by atoms with E-state index in [-0.39, 0.29) is 11.9 Å². The van der Waals surface area contributed by atoms with Crippen molar-refractivity contribution in [3.8, 4) is 0 Å². The van der Waals surface area contributed by atoms with Crippen LogP contribution >= 0.6 is 15.9 Å². The van der Waals surface area contributed by atoms with Crippen molar-refractivity contribution in [3.05, 3.63) is 0 Å². The number of cyclic esters (lactones) is 1. The highest BCUT2D eigenvalue weighted by Gasteiger charge is 2.32. The molecule has 1 aliphatic heterocycles. The first-order valence-corrected chi connectivity index (χ1v) is 4.87. The van der Waals surface area contributed by atoms with E-state index in [9.17, 15) is 9.59 Å². The van der Waals surface area contributed by atoms with Gasteiger partial charge < -0.3 is 10.1 Å². The third-order valence-electron chi connectivity index (χ3n) is 1.78. The molecule has 1 fully saturated rings. The van der Waals surface area contributed by atoms with Crippen LogP contribution in [0.3, 0.4) is 0 Å². The molecule has 1 rings (SSSR count). The van der Waals surface area contributed by atoms with Gasteiger partial charge in [-0.25, -0.2) is 4.79 Å². The number of hydrogen-bond acceptors (Lipinski definition) is 3. The Morgan fingerprint density at radius 3 is 2.69 bits per heavy atom. The highest BCUT2D eigenvalue weighted by Crippen LogP contribution is 2.17. The van der Waals surface area contributed by atoms with E-state index in [1.54, 1.807) is 13.8 Å². The molecule has 1 N–H and O–H groups in total. The molecule has 1 saturated heterocycles. The van der Waals surface area contributed by atoms with Crippen LogP contribution in [0.2, 0.25) is 0 Å². The van der Waals surface area contributed by atoms with Crippen LogP contribution in [-0.4, -0.2) is 28.8 Å². The van der Waals surface area contributed by atoms with E-state index in [0.717, 1.165) is 0 Å². The monoisotopic (exact) mass is 249 g/mol. The highest BCUT2D eigenvalue weighted by atomic mass is 79.9. The first-order valence-electron chi connectivity index (χ1n) is 4.08. The number of rotatable bonds is 2. The van der Waals surface area contributed by atoms with Crippen LogP contribution in [0.4, 0.5) is 0 Å². The number of nitrogens with one attached hydrogen (secondary N) is 1. The average Bonchev–Trinajstić information content (AvgIpc) is 2.34. The Balaban J connectivity index is 2.49. The van der Waals surface area contributed by atoms with Gasteiger partial charge >= 0.3 is 5.97 Å². The van der Waals surface area contributed by atoms with Gasteiger partial charge in [0.25, 0.3) is 0 Å². The van der Waals surface area contributed by atoms with E-state index < -0.39 is 10.4 Å². The van der Waals surface area contributed by atoms with Crippen LogP contribution in [0.1, 0.15) is 20.3 Å². The summed E-state index contributed by atoms with van der Waals surface area (Å²) < 4.78 is 4.07. The van der Waals surface area contributed by atoms with Crippen molar-refractivity contribution in [2.45, 2.75) is 30.6 Å². The molecule has 0 saturated carbocycles. The molecule has 1 aliphatic rings. The molecule has 0 radical (unpaired) electrons. The van der Waals surface area contributed by atoms with Crippen molar-refractivity contribution in [2.75, 3.05) is 6.61 Å². The second-order valence-electron chi connectivity index (χ2n) is 3.45. The Hall–Kier alpha value is -0.580. The maximum absolute atomic E-state index is 11.4. The van der Waals surface area contributed by atoms with Gasteiger partial charge in [0.15, 0.2) is 0 Å². The lowest BCUT2D eigenvalue weighted by Crippen LogP contribution is -2.45. The van der Waals surface area contributed by atoms with Crippen LogP contribution in [0.5, 0.6) is 0 Å². The lowest BCUT2D eigenvalue weighted by atomic mass is 10.1. The number of hydrogen-bond donors (Lipinski definition) is 1. The van der Waals surface area contributed by atoms with Gasteiger partial charge in [0.1, 0.15) is 6.04 Å². The number of carbonyl (C=O) groups is 2. The van der Waals surface area contributed by atoms with Crippen LogP contribution in [0.15, 0.2) is 0 Å². The Morgan fingerprint density at radius 1 is 1.69 bits per heavy atom. The molecule has 0 aromatic carbocycles. The third-order valence-corrected chi connectivity index (χ3v) is 2.14. The SMILES string of the molecule is CC(C)(Br)C(=O)NC1CCOC1=O. The summed E-state index contributed by atoms with van der Waals surface area (Å²) in [4.78, 5) is 22.4. The number of halogens is 1. The molecule has 1 unspecified atom stereocenters. The van der Waals surface area contributed by atoms with Gasteiger partial charge in [0, 0.05) is 6.42 Å². The molecule has 0 aliphatic carbocycles. The summed E-state index contributed by atoms with van der Waals surface area (Å²) in [5.74, 6) is -0.540. The number of carbonyl (C=O) groups excluding carboxylic acids is 2. The van der Waals surface area contributed by atoms with Gasteiger partial charge in [0.05, 0.1) is 10.9 Å². The molecule has 5 heteroatoms. The molecule has 0 aromatic rings. The van der Waals surface area contributed by atoms with Gasteiger partial charge in [-0.2, -0.15) is 0 Å². The maximum Gasteiger partial charge on any atom is 0.328 e. The van der Waals surface area contributed by atoms with E-state index >= 15 is 0 Å². The number of amides is 1. The molecule has 4 nitrogen and oxygen atoms in total. The van der Waals surface area contributed by atoms with Crippen molar-refractivity contribution >= 4 is 27.8 Å². The summed E-state index contributed by atoms with van der Waals surface area (Å²) in [7, 11) is 0. The fourth-order valence-corrected chi connectivity index (χ4v) is 1.07. The van der Waals surface area contributed by atoms with Gasteiger partial charge in [0.2, 0.25) is 5.91 Å². The zero-order valence-corrected chi connectivity index (χ0v) is 9.18. The molecular weight excluding hydrogens is 238 g/mol. The Kier molecular flexibility index (Phi) is 2.95. The Morgan fingerprint density at radius 2 is 2.31 bits per heavy atom. The van der Waals surface area contributed by atoms with Crippen LogP contribution in [0.25, 0.3) is 0 Å². The molecule has 74 valence electrons. The van der Waals surface area contributed by atoms with Crippen molar-refractivity contribution in [1.29, 1.82) is 0 Å². The molecule has 1 amide bonds. The standard InChI is InChI=1S/C8H12BrNO3/c1-8(2,9)7(12)10-5-3-4-13-6(5)11/h5H,3-4H2,1-2H3,(H,10,12). The van der Waals surface area contributed by atoms with E-state index in [4.69, 9.17) is 4.74 Å². The molecule has 13 heavy (non-hydrogen) atoms. The predicted molar refractivity (Wildman–Crippen MR) is 50.5 cm³/mol. The first kappa shape index (κ1) is 10.5. The predicted octanol–water partition coefficient (Wildman–Crippen LogP) is 0.592. The van der Waals surface area contributed by atoms with E-state index in [2.05, 4.69) is 21.2 Å². The van der Waals surface area contributed by atoms with Crippen LogP contribution < -0.4 is 5.32 Å². The molecule has 1 atom stereocenters. The second-order valence-corrected chi connectivity index (χ2v) is 5.44. The van der Waals surface area contributed by atoms with Gasteiger partial charge in [-0.15, -0.1) is 0 Å². The minimum Gasteiger partial charge on any atom is -0.464 e. The average molecular weight is 250 g/mol. The maximum atomic E-state index is 11.4. The van der Waals surface area contributed by atoms with Crippen LogP contribution in [0, 0.1) is 0 Å². The fraction of sp³-hybridized carbons (Fsp3) is 0.750. The van der Waals surface area contributed by atoms with Gasteiger partial charge in [-0.05, 0) is 13.8 Å². The van der Waals surface area contributed by atoms with E-state index in [1.165, 1.54) is 0 Å². The van der Waals surface area contributed by atoms with Gasteiger partial charge in [-0.1, -0.05) is 15.9 Å². The van der Waals surface area contributed by atoms with Crippen molar-refractivity contribution in [3.63, 3.8) is 0 Å². The van der Waals surface area contributed by atoms with Crippen LogP contribution in [-0.2, 0) is 14.3 Å². The summed E-state index contributed by atoms with van der Waals surface area (Å²) in [6, 6.07) is -0.468. The summed E-state index contributed by atoms with van der Waals surface area (Å²) >= 11 is 3.21. The zero-order chi connectivity index (χ0) is 10.1. The smallest absolute Gasteiger partial charge is 0.328 e. The number of ether oxygens (including phenoxy) is 1. The lowest BCUT2D eigenvalue weighted by molar-refractivity contribution is -0.141. The minimum atomic E-state index is -0.643. The summed E-state index contributed by atoms with van der Waals surface area (Å²) in [6.45, 7) is 3.84. The summed E-state index contributed by atoms with van der Waals surface area (Å²) in [6.07, 6.45) is 0.563. The second kappa shape index (κ2) is 3.65. The summed E-state index contributed by atoms with van der Waals surface area (Å²) in [5.41, 5.74) is 0. The third kappa shape index (κ3) is 2.69. The number of esters is 1. The largest absolute Gasteiger partial charge is 0.464 e. The Labute approximate surface area is 85.1 Å². The lowest BCUT2D eigenvalue weighted by Gasteiger charge is -2.17. The first-order chi connectivity index (χ1) is 5.91. The minimum absolute atomic E-state index is 0.198. The molecule has 0 aromatic heterocycles. The molecular formula is C8H12BrNO3. The normalized spacial score (nSPS) is 22.7. The highest BCUT2D eigenvalue weighted by molar-refractivity contribution is 9.10. The molecule has 0 bridgehead atoms. The zero-order valence-electron chi connectivity index (χ0n) is 7.59. The van der Waals surface area contributed by atoms with Gasteiger partial charge in [-0.3, -0.25) is 4.79 Å². The molecule has 1 heterocycles. The number of alkyl halides is 1. The van der Waals surface area contributed by atoms with Crippen molar-refractivity contribution in [1.82, 2.24) is 5.32 Å². The van der Waals surface area contributed by atoms with Crippen molar-refractivity contribution < 1.29 is 14.3 Å². The summed E-state index contributed by atoms with van der Waals surface area (Å²) in [5, 5.41) is 2.61. The molecule has 0 spiro atoms. The van der Waals surface area contributed by atoms with E-state index in [1.807, 2.05) is 0 Å². The van der Waals surface area contributed by atoms with Crippen molar-refractivity contribution in [2.24, 2.45) is 0 Å².